The predicted octanol–water partition coefficient (Wildman–Crippen LogP) is 3.23. The highest BCUT2D eigenvalue weighted by molar-refractivity contribution is 7.99. The molecule has 1 aromatic rings. The monoisotopic (exact) mass is 265 g/mol. The van der Waals surface area contributed by atoms with Gasteiger partial charge < -0.3 is 5.32 Å². The van der Waals surface area contributed by atoms with Crippen molar-refractivity contribution < 1.29 is 0 Å². The van der Waals surface area contributed by atoms with Gasteiger partial charge in [-0.2, -0.15) is 11.8 Å². The second kappa shape index (κ2) is 6.02. The first-order chi connectivity index (χ1) is 8.61. The Bertz CT molecular complexity index is 418. The van der Waals surface area contributed by atoms with E-state index >= 15 is 0 Å². The number of nitrogens with one attached hydrogen (secondary N) is 1. The molecule has 0 aliphatic carbocycles. The summed E-state index contributed by atoms with van der Waals surface area (Å²) in [5.74, 6) is 2.42. The average molecular weight is 265 g/mol. The van der Waals surface area contributed by atoms with Gasteiger partial charge in [0.05, 0.1) is 17.1 Å². The van der Waals surface area contributed by atoms with E-state index in [1.54, 1.807) is 0 Å². The van der Waals surface area contributed by atoms with Crippen LogP contribution in [0, 0.1) is 0 Å². The fourth-order valence-electron chi connectivity index (χ4n) is 2.12. The highest BCUT2D eigenvalue weighted by atomic mass is 32.2. The first-order valence-corrected chi connectivity index (χ1v) is 7.87. The van der Waals surface area contributed by atoms with E-state index in [1.165, 1.54) is 23.4 Å². The largest absolute Gasteiger partial charge is 0.307 e. The van der Waals surface area contributed by atoms with E-state index in [4.69, 9.17) is 9.97 Å². The molecule has 1 atom stereocenters. The lowest BCUT2D eigenvalue weighted by atomic mass is 10.0. The van der Waals surface area contributed by atoms with Crippen LogP contribution >= 0.6 is 11.8 Å². The van der Waals surface area contributed by atoms with E-state index in [-0.39, 0.29) is 0 Å². The minimum Gasteiger partial charge on any atom is -0.307 e. The second-order valence-electron chi connectivity index (χ2n) is 5.24. The maximum Gasteiger partial charge on any atom is 0.138 e. The summed E-state index contributed by atoms with van der Waals surface area (Å²) < 4.78 is 0. The van der Waals surface area contributed by atoms with Crippen LogP contribution in [-0.2, 0) is 18.8 Å². The minimum atomic E-state index is 0.481. The Morgan fingerprint density at radius 3 is 2.67 bits per heavy atom. The summed E-state index contributed by atoms with van der Waals surface area (Å²) in [6, 6.07) is 0. The Hall–Kier alpha value is -0.610. The molecule has 0 radical (unpaired) electrons. The van der Waals surface area contributed by atoms with Gasteiger partial charge in [0.2, 0.25) is 0 Å². The molecule has 4 heteroatoms. The molecule has 2 rings (SSSR count). The molecule has 0 bridgehead atoms. The Balaban J connectivity index is 2.19. The molecule has 3 nitrogen and oxygen atoms in total. The van der Waals surface area contributed by atoms with Crippen LogP contribution in [0.1, 0.15) is 62.8 Å². The molecule has 1 aromatic heterocycles. The maximum absolute atomic E-state index is 4.78. The van der Waals surface area contributed by atoms with Gasteiger partial charge in [-0.1, -0.05) is 27.7 Å². The normalized spacial score (nSPS) is 16.1. The molecule has 0 spiro atoms. The Labute approximate surface area is 114 Å². The molecule has 0 aromatic carbocycles. The molecule has 100 valence electrons. The lowest BCUT2D eigenvalue weighted by Crippen LogP contribution is -2.07. The van der Waals surface area contributed by atoms with Crippen molar-refractivity contribution in [1.82, 2.24) is 15.3 Å². The van der Waals surface area contributed by atoms with Crippen molar-refractivity contribution in [2.24, 2.45) is 0 Å². The number of hydrogen-bond acceptors (Lipinski definition) is 4. The molecule has 0 saturated carbocycles. The summed E-state index contributed by atoms with van der Waals surface area (Å²) in [6.45, 7) is 10.8. The van der Waals surface area contributed by atoms with Gasteiger partial charge in [-0.05, 0) is 12.3 Å². The lowest BCUT2D eigenvalue weighted by Gasteiger charge is -2.13. The van der Waals surface area contributed by atoms with Gasteiger partial charge in [0, 0.05) is 23.9 Å². The standard InChI is InChI=1S/C14H23N3S/c1-5-10(4)18-8-13-16-12-7-15-6-11(12)14(17-13)9(2)3/h9-10,15H,5-8H2,1-4H3. The van der Waals surface area contributed by atoms with Gasteiger partial charge in [0.15, 0.2) is 0 Å². The number of aromatic nitrogens is 2. The Morgan fingerprint density at radius 2 is 2.00 bits per heavy atom. The van der Waals surface area contributed by atoms with Gasteiger partial charge in [-0.25, -0.2) is 9.97 Å². The highest BCUT2D eigenvalue weighted by Crippen LogP contribution is 2.25. The second-order valence-corrected chi connectivity index (χ2v) is 6.67. The lowest BCUT2D eigenvalue weighted by molar-refractivity contribution is 0.746. The molecular weight excluding hydrogens is 242 g/mol. The van der Waals surface area contributed by atoms with Crippen molar-refractivity contribution in [3.8, 4) is 0 Å². The first kappa shape index (κ1) is 13.8. The third kappa shape index (κ3) is 3.04. The zero-order chi connectivity index (χ0) is 13.1. The van der Waals surface area contributed by atoms with Crippen LogP contribution in [0.15, 0.2) is 0 Å². The number of hydrogen-bond donors (Lipinski definition) is 1. The van der Waals surface area contributed by atoms with Crippen LogP contribution in [0.3, 0.4) is 0 Å². The molecule has 0 fully saturated rings. The van der Waals surface area contributed by atoms with E-state index in [2.05, 4.69) is 33.0 Å². The van der Waals surface area contributed by atoms with Gasteiger partial charge in [0.25, 0.3) is 0 Å². The molecule has 1 aliphatic heterocycles. The van der Waals surface area contributed by atoms with Crippen molar-refractivity contribution in [2.45, 2.75) is 64.1 Å². The minimum absolute atomic E-state index is 0.481. The summed E-state index contributed by atoms with van der Waals surface area (Å²) in [4.78, 5) is 9.49. The summed E-state index contributed by atoms with van der Waals surface area (Å²) in [7, 11) is 0. The van der Waals surface area contributed by atoms with Crippen molar-refractivity contribution >= 4 is 11.8 Å². The van der Waals surface area contributed by atoms with E-state index in [1.807, 2.05) is 11.8 Å². The van der Waals surface area contributed by atoms with E-state index in [9.17, 15) is 0 Å². The van der Waals surface area contributed by atoms with Crippen LogP contribution in [0.4, 0.5) is 0 Å². The zero-order valence-corrected chi connectivity index (χ0v) is 12.6. The van der Waals surface area contributed by atoms with Gasteiger partial charge >= 0.3 is 0 Å². The topological polar surface area (TPSA) is 37.8 Å². The van der Waals surface area contributed by atoms with Crippen molar-refractivity contribution in [3.63, 3.8) is 0 Å². The fourth-order valence-corrected chi connectivity index (χ4v) is 2.92. The van der Waals surface area contributed by atoms with E-state index in [0.717, 1.165) is 24.7 Å². The molecular formula is C14H23N3S. The van der Waals surface area contributed by atoms with Gasteiger partial charge in [-0.15, -0.1) is 0 Å². The van der Waals surface area contributed by atoms with E-state index in [0.29, 0.717) is 11.2 Å². The molecule has 0 saturated heterocycles. The van der Waals surface area contributed by atoms with Gasteiger partial charge in [-0.3, -0.25) is 0 Å². The van der Waals surface area contributed by atoms with E-state index < -0.39 is 0 Å². The number of thioether (sulfide) groups is 1. The highest BCUT2D eigenvalue weighted by Gasteiger charge is 2.20. The van der Waals surface area contributed by atoms with Crippen molar-refractivity contribution in [2.75, 3.05) is 0 Å². The first-order valence-electron chi connectivity index (χ1n) is 6.82. The summed E-state index contributed by atoms with van der Waals surface area (Å²) in [5, 5.41) is 4.06. The third-order valence-corrected chi connectivity index (χ3v) is 4.71. The van der Waals surface area contributed by atoms with Crippen LogP contribution < -0.4 is 5.32 Å². The molecule has 1 N–H and O–H groups in total. The number of nitrogens with zero attached hydrogens (tertiary/aromatic N) is 2. The van der Waals surface area contributed by atoms with Gasteiger partial charge in [0.1, 0.15) is 5.82 Å². The number of fused-ring (bicyclic) bond motifs is 1. The molecule has 1 aliphatic rings. The molecule has 1 unspecified atom stereocenters. The Kier molecular flexibility index (Phi) is 4.62. The Morgan fingerprint density at radius 1 is 1.22 bits per heavy atom. The third-order valence-electron chi connectivity index (χ3n) is 3.38. The molecule has 2 heterocycles. The molecule has 18 heavy (non-hydrogen) atoms. The fraction of sp³-hybridized carbons (Fsp3) is 0.714. The number of rotatable bonds is 5. The average Bonchev–Trinajstić information content (AvgIpc) is 2.82. The van der Waals surface area contributed by atoms with Crippen molar-refractivity contribution in [3.05, 3.63) is 22.8 Å². The summed E-state index contributed by atoms with van der Waals surface area (Å²) in [5.41, 5.74) is 3.79. The quantitative estimate of drug-likeness (QED) is 0.887. The van der Waals surface area contributed by atoms with Crippen LogP contribution in [0.25, 0.3) is 0 Å². The summed E-state index contributed by atoms with van der Waals surface area (Å²) >= 11 is 1.95. The predicted molar refractivity (Wildman–Crippen MR) is 77.7 cm³/mol. The SMILES string of the molecule is CCC(C)SCc1nc2c(c(C(C)C)n1)CNC2. The van der Waals surface area contributed by atoms with Crippen LogP contribution in [-0.4, -0.2) is 15.2 Å². The van der Waals surface area contributed by atoms with Crippen LogP contribution in [0.5, 0.6) is 0 Å². The maximum atomic E-state index is 4.78. The van der Waals surface area contributed by atoms with Crippen molar-refractivity contribution in [1.29, 1.82) is 0 Å². The van der Waals surface area contributed by atoms with Crippen LogP contribution in [0.2, 0.25) is 0 Å². The smallest absolute Gasteiger partial charge is 0.138 e. The summed E-state index contributed by atoms with van der Waals surface area (Å²) in [6.07, 6.45) is 1.20. The molecule has 0 amide bonds. The zero-order valence-electron chi connectivity index (χ0n) is 11.8.